The molecule has 0 bridgehead atoms. The summed E-state index contributed by atoms with van der Waals surface area (Å²) in [5, 5.41) is -0.183. The molecule has 1 heterocycles. The van der Waals surface area contributed by atoms with E-state index in [1.54, 1.807) is 6.20 Å². The Morgan fingerprint density at radius 1 is 1.03 bits per heavy atom. The van der Waals surface area contributed by atoms with Crippen LogP contribution < -0.4 is 0 Å². The van der Waals surface area contributed by atoms with Crippen molar-refractivity contribution in [1.29, 1.82) is 0 Å². The molecule has 0 saturated heterocycles. The number of carbonyl (C=O) groups is 1. The number of aromatic nitrogens is 1. The number of alkyl halides is 3. The fraction of sp³-hybridized carbons (Fsp3) is 0.261. The lowest BCUT2D eigenvalue weighted by molar-refractivity contribution is -0.137. The maximum atomic E-state index is 13.5. The summed E-state index contributed by atoms with van der Waals surface area (Å²) in [5.41, 5.74) is 2.65. The minimum atomic E-state index is -4.66. The Hall–Kier alpha value is -2.53. The summed E-state index contributed by atoms with van der Waals surface area (Å²) in [6.45, 7) is 1.99. The van der Waals surface area contributed by atoms with E-state index in [0.29, 0.717) is 12.0 Å². The summed E-state index contributed by atoms with van der Waals surface area (Å²) < 4.78 is 42.5. The first-order valence-electron chi connectivity index (χ1n) is 9.48. The molecule has 0 amide bonds. The molecule has 2 nitrogen and oxygen atoms in total. The van der Waals surface area contributed by atoms with Gasteiger partial charge in [0.2, 0.25) is 0 Å². The van der Waals surface area contributed by atoms with Gasteiger partial charge < -0.3 is 4.57 Å². The van der Waals surface area contributed by atoms with Gasteiger partial charge in [0, 0.05) is 23.1 Å². The molecule has 0 radical (unpaired) electrons. The lowest BCUT2D eigenvalue weighted by Gasteiger charge is -2.17. The molecular weight excluding hydrogens is 399 g/mol. The average molecular weight is 418 g/mol. The summed E-state index contributed by atoms with van der Waals surface area (Å²) in [5.74, 6) is -0.674. The number of hydrogen-bond acceptors (Lipinski definition) is 1. The number of ketones is 1. The van der Waals surface area contributed by atoms with Crippen LogP contribution >= 0.6 is 11.6 Å². The van der Waals surface area contributed by atoms with Crippen LogP contribution in [0, 0.1) is 6.92 Å². The van der Waals surface area contributed by atoms with E-state index in [9.17, 15) is 18.0 Å². The molecule has 3 aromatic rings. The quantitative estimate of drug-likeness (QED) is 0.442. The molecule has 0 fully saturated rings. The zero-order chi connectivity index (χ0) is 20.8. The van der Waals surface area contributed by atoms with E-state index >= 15 is 0 Å². The van der Waals surface area contributed by atoms with Crippen LogP contribution in [0.3, 0.4) is 0 Å². The molecule has 6 heteroatoms. The van der Waals surface area contributed by atoms with Gasteiger partial charge in [0.05, 0.1) is 16.1 Å². The Bertz CT molecular complexity index is 1080. The normalized spacial score (nSPS) is 14.0. The van der Waals surface area contributed by atoms with Crippen molar-refractivity contribution < 1.29 is 18.0 Å². The third-order valence-corrected chi connectivity index (χ3v) is 5.73. The van der Waals surface area contributed by atoms with Crippen molar-refractivity contribution in [2.75, 3.05) is 0 Å². The Balaban J connectivity index is 1.89. The van der Waals surface area contributed by atoms with Crippen molar-refractivity contribution in [3.05, 3.63) is 87.2 Å². The number of benzene rings is 2. The average Bonchev–Trinajstić information content (AvgIpc) is 3.07. The first kappa shape index (κ1) is 19.8. The summed E-state index contributed by atoms with van der Waals surface area (Å²) >= 11 is 6.08. The molecule has 1 aliphatic carbocycles. The van der Waals surface area contributed by atoms with E-state index in [0.717, 1.165) is 47.8 Å². The van der Waals surface area contributed by atoms with Crippen molar-refractivity contribution in [2.45, 2.75) is 38.8 Å². The fourth-order valence-corrected chi connectivity index (χ4v) is 4.25. The van der Waals surface area contributed by atoms with Crippen LogP contribution in [0.15, 0.2) is 48.7 Å². The zero-order valence-corrected chi connectivity index (χ0v) is 16.6. The van der Waals surface area contributed by atoms with E-state index in [4.69, 9.17) is 11.6 Å². The highest BCUT2D eigenvalue weighted by molar-refractivity contribution is 6.35. The zero-order valence-electron chi connectivity index (χ0n) is 15.8. The molecule has 150 valence electrons. The third-order valence-electron chi connectivity index (χ3n) is 5.42. The third kappa shape index (κ3) is 3.60. The Labute approximate surface area is 171 Å². The van der Waals surface area contributed by atoms with Crippen molar-refractivity contribution >= 4 is 17.4 Å². The summed E-state index contributed by atoms with van der Waals surface area (Å²) in [7, 11) is 0. The van der Waals surface area contributed by atoms with E-state index in [2.05, 4.69) is 0 Å². The van der Waals surface area contributed by atoms with Gasteiger partial charge in [-0.1, -0.05) is 35.4 Å². The number of nitrogens with zero attached hydrogens (tertiary/aromatic N) is 1. The summed E-state index contributed by atoms with van der Waals surface area (Å²) in [4.78, 5) is 13.3. The first-order valence-corrected chi connectivity index (χ1v) is 9.85. The number of hydrogen-bond donors (Lipinski definition) is 0. The van der Waals surface area contributed by atoms with Crippen molar-refractivity contribution in [1.82, 2.24) is 4.57 Å². The van der Waals surface area contributed by atoms with Crippen LogP contribution in [0.5, 0.6) is 0 Å². The van der Waals surface area contributed by atoms with E-state index in [1.165, 1.54) is 12.1 Å². The molecule has 0 unspecified atom stereocenters. The molecule has 4 rings (SSSR count). The number of fused-ring (bicyclic) bond motifs is 1. The monoisotopic (exact) mass is 417 g/mol. The van der Waals surface area contributed by atoms with Gasteiger partial charge in [-0.15, -0.1) is 0 Å². The molecule has 1 aliphatic rings. The topological polar surface area (TPSA) is 22.0 Å². The van der Waals surface area contributed by atoms with Crippen molar-refractivity contribution in [3.63, 3.8) is 0 Å². The van der Waals surface area contributed by atoms with Crippen LogP contribution in [0.4, 0.5) is 13.2 Å². The van der Waals surface area contributed by atoms with Gasteiger partial charge in [0.15, 0.2) is 5.78 Å². The van der Waals surface area contributed by atoms with Gasteiger partial charge in [-0.05, 0) is 62.4 Å². The number of carbonyl (C=O) groups excluding carboxylic acids is 1. The maximum absolute atomic E-state index is 13.5. The van der Waals surface area contributed by atoms with Gasteiger partial charge in [0.25, 0.3) is 0 Å². The minimum Gasteiger partial charge on any atom is -0.320 e. The fourth-order valence-electron chi connectivity index (χ4n) is 3.99. The molecule has 0 saturated carbocycles. The lowest BCUT2D eigenvalue weighted by Crippen LogP contribution is -2.15. The van der Waals surface area contributed by atoms with Gasteiger partial charge >= 0.3 is 6.18 Å². The lowest BCUT2D eigenvalue weighted by atomic mass is 9.90. The van der Waals surface area contributed by atoms with Gasteiger partial charge in [-0.2, -0.15) is 13.2 Å². The highest BCUT2D eigenvalue weighted by Crippen LogP contribution is 2.38. The molecule has 0 aliphatic heterocycles. The van der Waals surface area contributed by atoms with Crippen LogP contribution in [0.2, 0.25) is 5.02 Å². The second kappa shape index (κ2) is 7.38. The number of rotatable bonds is 3. The van der Waals surface area contributed by atoms with Gasteiger partial charge in [-0.25, -0.2) is 0 Å². The molecular formula is C23H19ClF3NO. The predicted molar refractivity (Wildman–Crippen MR) is 107 cm³/mol. The van der Waals surface area contributed by atoms with Crippen LogP contribution in [-0.4, -0.2) is 10.4 Å². The standard InChI is InChI=1S/C23H19ClF3NO/c1-14-9-11-15(12-10-14)28-13-17(16-5-2-3-8-20(16)28)22(29)21-18(23(25,26)27)6-4-7-19(21)24/h4,6-7,9-13H,2-3,5,8H2,1H3. The number of halogens is 4. The van der Waals surface area contributed by atoms with Gasteiger partial charge in [0.1, 0.15) is 0 Å². The van der Waals surface area contributed by atoms with Crippen molar-refractivity contribution in [3.8, 4) is 5.69 Å². The molecule has 29 heavy (non-hydrogen) atoms. The smallest absolute Gasteiger partial charge is 0.320 e. The van der Waals surface area contributed by atoms with E-state index in [-0.39, 0.29) is 5.02 Å². The van der Waals surface area contributed by atoms with Crippen LogP contribution in [0.25, 0.3) is 5.69 Å². The molecule has 0 spiro atoms. The van der Waals surface area contributed by atoms with Gasteiger partial charge in [-0.3, -0.25) is 4.79 Å². The molecule has 1 aromatic heterocycles. The second-order valence-electron chi connectivity index (χ2n) is 7.37. The Kier molecular flexibility index (Phi) is 5.03. The number of aryl methyl sites for hydroxylation is 1. The Morgan fingerprint density at radius 2 is 1.72 bits per heavy atom. The SMILES string of the molecule is Cc1ccc(-n2cc(C(=O)c3c(Cl)cccc3C(F)(F)F)c3c2CCCC3)cc1. The maximum Gasteiger partial charge on any atom is 0.417 e. The molecule has 0 atom stereocenters. The van der Waals surface area contributed by atoms with Crippen molar-refractivity contribution in [2.24, 2.45) is 0 Å². The largest absolute Gasteiger partial charge is 0.417 e. The summed E-state index contributed by atoms with van der Waals surface area (Å²) in [6.07, 6.45) is 0.352. The highest BCUT2D eigenvalue weighted by atomic mass is 35.5. The van der Waals surface area contributed by atoms with E-state index < -0.39 is 23.1 Å². The molecule has 2 aromatic carbocycles. The first-order chi connectivity index (χ1) is 13.8. The Morgan fingerprint density at radius 3 is 2.41 bits per heavy atom. The van der Waals surface area contributed by atoms with Crippen LogP contribution in [-0.2, 0) is 19.0 Å². The van der Waals surface area contributed by atoms with Crippen LogP contribution in [0.1, 0.15) is 51.1 Å². The predicted octanol–water partition coefficient (Wildman–Crippen LogP) is 6.57. The second-order valence-corrected chi connectivity index (χ2v) is 7.78. The highest BCUT2D eigenvalue weighted by Gasteiger charge is 2.37. The molecule has 0 N–H and O–H groups in total. The minimum absolute atomic E-state index is 0.183. The summed E-state index contributed by atoms with van der Waals surface area (Å²) in [6, 6.07) is 11.3. The van der Waals surface area contributed by atoms with E-state index in [1.807, 2.05) is 35.8 Å².